The van der Waals surface area contributed by atoms with Gasteiger partial charge in [-0.2, -0.15) is 0 Å². The molecule has 3 aliphatic rings. The molecule has 0 bridgehead atoms. The molecule has 0 amide bonds. The molecule has 0 radical (unpaired) electrons. The maximum Gasteiger partial charge on any atom is 0.119 e. The van der Waals surface area contributed by atoms with E-state index >= 15 is 0 Å². The Morgan fingerprint density at radius 3 is 3.00 bits per heavy atom. The van der Waals surface area contributed by atoms with E-state index < -0.39 is 0 Å². The molecule has 1 fully saturated rings. The van der Waals surface area contributed by atoms with E-state index in [-0.39, 0.29) is 12.0 Å². The van der Waals surface area contributed by atoms with Crippen molar-refractivity contribution in [2.24, 2.45) is 11.8 Å². The molecule has 5 rings (SSSR count). The minimum absolute atomic E-state index is 0.0899. The number of allylic oxidation sites excluding steroid dienone is 1. The molecule has 4 atom stereocenters. The van der Waals surface area contributed by atoms with E-state index in [0.29, 0.717) is 11.8 Å². The molecule has 1 N–H and O–H groups in total. The first kappa shape index (κ1) is 15.2. The first-order valence-corrected chi connectivity index (χ1v) is 9.29. The number of ether oxygens (including phenoxy) is 1. The molecule has 1 aliphatic carbocycles. The van der Waals surface area contributed by atoms with E-state index in [4.69, 9.17) is 9.72 Å². The number of anilines is 1. The van der Waals surface area contributed by atoms with E-state index in [1.165, 1.54) is 22.3 Å². The standard InChI is InChI=1S/C21H24N2O2/c1-4-12-9-15-11(2)23-8-7-14-16-10-13(25-3)5-6-17(16)22-19(20(14)23)18(15)21(12)24/h5-6,10,12,15,18,21,24H,2,4,7-9H2,1,3H3/t12-,15?,18?,21+/m0/s1. The predicted molar refractivity (Wildman–Crippen MR) is 99.1 cm³/mol. The second kappa shape index (κ2) is 5.21. The number of hydrogen-bond donors (Lipinski definition) is 1. The van der Waals surface area contributed by atoms with Crippen molar-refractivity contribution in [2.45, 2.75) is 38.2 Å². The number of methoxy groups -OCH3 is 1. The summed E-state index contributed by atoms with van der Waals surface area (Å²) in [7, 11) is 1.70. The van der Waals surface area contributed by atoms with Gasteiger partial charge in [0.1, 0.15) is 5.75 Å². The Labute approximate surface area is 148 Å². The molecule has 0 saturated heterocycles. The zero-order valence-corrected chi connectivity index (χ0v) is 14.8. The van der Waals surface area contributed by atoms with Gasteiger partial charge < -0.3 is 14.7 Å². The van der Waals surface area contributed by atoms with Crippen molar-refractivity contribution < 1.29 is 9.84 Å². The summed E-state index contributed by atoms with van der Waals surface area (Å²) in [4.78, 5) is 7.40. The lowest BCUT2D eigenvalue weighted by molar-refractivity contribution is 0.111. The molecule has 1 aromatic heterocycles. The van der Waals surface area contributed by atoms with Gasteiger partial charge in [-0.05, 0) is 42.5 Å². The van der Waals surface area contributed by atoms with Crippen LogP contribution in [-0.2, 0) is 6.42 Å². The van der Waals surface area contributed by atoms with Crippen LogP contribution >= 0.6 is 0 Å². The molecule has 4 heteroatoms. The Morgan fingerprint density at radius 1 is 1.40 bits per heavy atom. The molecular weight excluding hydrogens is 312 g/mol. The van der Waals surface area contributed by atoms with Crippen LogP contribution in [0.2, 0.25) is 0 Å². The Kier molecular flexibility index (Phi) is 3.17. The van der Waals surface area contributed by atoms with Crippen LogP contribution in [0.4, 0.5) is 5.69 Å². The van der Waals surface area contributed by atoms with Gasteiger partial charge in [0.15, 0.2) is 0 Å². The summed E-state index contributed by atoms with van der Waals surface area (Å²) in [5.74, 6) is 1.62. The number of aromatic nitrogens is 1. The summed E-state index contributed by atoms with van der Waals surface area (Å²) in [5, 5.41) is 12.2. The molecule has 2 aliphatic heterocycles. The van der Waals surface area contributed by atoms with Crippen LogP contribution in [0.3, 0.4) is 0 Å². The van der Waals surface area contributed by atoms with Crippen molar-refractivity contribution in [3.63, 3.8) is 0 Å². The fraction of sp³-hybridized carbons (Fsp3) is 0.476. The summed E-state index contributed by atoms with van der Waals surface area (Å²) >= 11 is 0. The van der Waals surface area contributed by atoms with Crippen LogP contribution in [0, 0.1) is 11.8 Å². The Hall–Kier alpha value is -2.07. The summed E-state index contributed by atoms with van der Waals surface area (Å²) < 4.78 is 5.42. The lowest BCUT2D eigenvalue weighted by Crippen LogP contribution is -2.35. The van der Waals surface area contributed by atoms with E-state index in [1.807, 2.05) is 12.1 Å². The third-order valence-electron chi connectivity index (χ3n) is 6.61. The monoisotopic (exact) mass is 336 g/mol. The fourth-order valence-electron chi connectivity index (χ4n) is 5.30. The highest BCUT2D eigenvalue weighted by molar-refractivity contribution is 5.92. The quantitative estimate of drug-likeness (QED) is 0.910. The van der Waals surface area contributed by atoms with Gasteiger partial charge in [-0.3, -0.25) is 4.98 Å². The van der Waals surface area contributed by atoms with Crippen LogP contribution in [0.5, 0.6) is 5.75 Å². The van der Waals surface area contributed by atoms with Crippen LogP contribution < -0.4 is 9.64 Å². The van der Waals surface area contributed by atoms with Crippen molar-refractivity contribution >= 4 is 16.6 Å². The van der Waals surface area contributed by atoms with Crippen molar-refractivity contribution in [3.05, 3.63) is 41.7 Å². The van der Waals surface area contributed by atoms with Gasteiger partial charge in [-0.1, -0.05) is 19.9 Å². The lowest BCUT2D eigenvalue weighted by atomic mass is 9.83. The number of hydrogen-bond acceptors (Lipinski definition) is 4. The molecule has 2 aromatic rings. The molecule has 4 nitrogen and oxygen atoms in total. The Bertz CT molecular complexity index is 891. The number of rotatable bonds is 2. The normalized spacial score (nSPS) is 29.9. The fourth-order valence-corrected chi connectivity index (χ4v) is 5.30. The third-order valence-corrected chi connectivity index (χ3v) is 6.61. The first-order chi connectivity index (χ1) is 12.1. The SMILES string of the molecule is C=C1C2C[C@H](CC)[C@@H](O)C2c2nc3ccc(OC)cc3c3c2N1CC3. The Balaban J connectivity index is 1.77. The first-order valence-electron chi connectivity index (χ1n) is 9.29. The maximum absolute atomic E-state index is 11.0. The van der Waals surface area contributed by atoms with Crippen LogP contribution in [0.15, 0.2) is 30.5 Å². The summed E-state index contributed by atoms with van der Waals surface area (Å²) in [6, 6.07) is 6.11. The van der Waals surface area contributed by atoms with Gasteiger partial charge >= 0.3 is 0 Å². The van der Waals surface area contributed by atoms with Crippen molar-refractivity contribution in [1.29, 1.82) is 0 Å². The minimum atomic E-state index is -0.318. The highest BCUT2D eigenvalue weighted by atomic mass is 16.5. The van der Waals surface area contributed by atoms with Crippen LogP contribution in [0.1, 0.15) is 36.9 Å². The number of nitrogens with zero attached hydrogens (tertiary/aromatic N) is 2. The molecule has 1 aromatic carbocycles. The smallest absolute Gasteiger partial charge is 0.119 e. The summed E-state index contributed by atoms with van der Waals surface area (Å²) in [6.07, 6.45) is 2.71. The molecule has 3 heterocycles. The zero-order chi connectivity index (χ0) is 17.3. The number of aliphatic hydroxyl groups is 1. The Morgan fingerprint density at radius 2 is 2.24 bits per heavy atom. The lowest BCUT2D eigenvalue weighted by Gasteiger charge is -2.38. The average Bonchev–Trinajstić information content (AvgIpc) is 3.22. The van der Waals surface area contributed by atoms with E-state index in [2.05, 4.69) is 24.5 Å². The van der Waals surface area contributed by atoms with Crippen molar-refractivity contribution in [3.8, 4) is 5.75 Å². The van der Waals surface area contributed by atoms with E-state index in [0.717, 1.165) is 42.8 Å². The van der Waals surface area contributed by atoms with E-state index in [1.54, 1.807) is 7.11 Å². The largest absolute Gasteiger partial charge is 0.497 e. The summed E-state index contributed by atoms with van der Waals surface area (Å²) in [6.45, 7) is 7.56. The minimum Gasteiger partial charge on any atom is -0.497 e. The van der Waals surface area contributed by atoms with Crippen molar-refractivity contribution in [1.82, 2.24) is 4.98 Å². The average molecular weight is 336 g/mol. The molecule has 0 spiro atoms. The predicted octanol–water partition coefficient (Wildman–Crippen LogP) is 3.62. The van der Waals surface area contributed by atoms with E-state index in [9.17, 15) is 5.11 Å². The van der Waals surface area contributed by atoms with Gasteiger partial charge in [-0.25, -0.2) is 0 Å². The molecule has 130 valence electrons. The number of aliphatic hydroxyl groups excluding tert-OH is 1. The van der Waals surface area contributed by atoms with Gasteiger partial charge in [0.25, 0.3) is 0 Å². The third kappa shape index (κ3) is 1.89. The van der Waals surface area contributed by atoms with Gasteiger partial charge in [0.2, 0.25) is 0 Å². The topological polar surface area (TPSA) is 45.6 Å². The second-order valence-electron chi connectivity index (χ2n) is 7.63. The second-order valence-corrected chi connectivity index (χ2v) is 7.63. The number of fused-ring (bicyclic) bond motifs is 4. The number of pyridine rings is 1. The maximum atomic E-state index is 11.0. The van der Waals surface area contributed by atoms with Gasteiger partial charge in [0.05, 0.1) is 30.1 Å². The highest BCUT2D eigenvalue weighted by Crippen LogP contribution is 2.56. The zero-order valence-electron chi connectivity index (χ0n) is 14.8. The van der Waals surface area contributed by atoms with Gasteiger partial charge in [-0.15, -0.1) is 0 Å². The molecular formula is C21H24N2O2. The molecule has 25 heavy (non-hydrogen) atoms. The highest BCUT2D eigenvalue weighted by Gasteiger charge is 2.51. The van der Waals surface area contributed by atoms with Crippen LogP contribution in [0.25, 0.3) is 10.9 Å². The summed E-state index contributed by atoms with van der Waals surface area (Å²) in [5.41, 5.74) is 5.82. The van der Waals surface area contributed by atoms with Gasteiger partial charge in [0, 0.05) is 29.5 Å². The molecule has 1 saturated carbocycles. The van der Waals surface area contributed by atoms with Crippen molar-refractivity contribution in [2.75, 3.05) is 18.6 Å². The molecule has 2 unspecified atom stereocenters. The van der Waals surface area contributed by atoms with Crippen LogP contribution in [-0.4, -0.2) is 29.8 Å². The number of benzene rings is 1.